The number of halogens is 1. The van der Waals surface area contributed by atoms with E-state index in [1.54, 1.807) is 6.07 Å². The lowest BCUT2D eigenvalue weighted by atomic mass is 10.1. The first kappa shape index (κ1) is 14.4. The summed E-state index contributed by atoms with van der Waals surface area (Å²) in [5, 5.41) is 8.65. The maximum atomic E-state index is 7.34. The van der Waals surface area contributed by atoms with Gasteiger partial charge in [-0.25, -0.2) is 0 Å². The van der Waals surface area contributed by atoms with E-state index in [-0.39, 0.29) is 5.84 Å². The van der Waals surface area contributed by atoms with E-state index in [4.69, 9.17) is 22.7 Å². The van der Waals surface area contributed by atoms with Crippen LogP contribution in [0.2, 0.25) is 5.02 Å². The van der Waals surface area contributed by atoms with Crippen LogP contribution in [0.5, 0.6) is 0 Å². The van der Waals surface area contributed by atoms with Crippen LogP contribution in [0.15, 0.2) is 18.2 Å². The standard InChI is InChI=1S/C13H19ClN2S/c1-8(2)9(3)17-7-11-5-4-10(13(15)16)6-12(11)14/h4-6,8-9H,7H2,1-3H3,(H3,15,16). The van der Waals surface area contributed by atoms with Gasteiger partial charge in [-0.15, -0.1) is 0 Å². The SMILES string of the molecule is CC(C)C(C)SCc1ccc(C(=N)N)cc1Cl. The number of hydrogen-bond donors (Lipinski definition) is 2. The fraction of sp³-hybridized carbons (Fsp3) is 0.462. The minimum atomic E-state index is 0.0571. The second-order valence-corrected chi connectivity index (χ2v) is 6.25. The zero-order valence-corrected chi connectivity index (χ0v) is 12.0. The van der Waals surface area contributed by atoms with Crippen LogP contribution in [0.3, 0.4) is 0 Å². The van der Waals surface area contributed by atoms with Crippen molar-refractivity contribution in [2.24, 2.45) is 11.7 Å². The highest BCUT2D eigenvalue weighted by Gasteiger charge is 2.09. The molecule has 1 aromatic carbocycles. The Hall–Kier alpha value is -0.670. The molecule has 1 aromatic rings. The summed E-state index contributed by atoms with van der Waals surface area (Å²) in [6.45, 7) is 6.67. The van der Waals surface area contributed by atoms with Gasteiger partial charge in [0.1, 0.15) is 5.84 Å². The van der Waals surface area contributed by atoms with E-state index in [1.165, 1.54) is 0 Å². The number of amidine groups is 1. The first-order valence-electron chi connectivity index (χ1n) is 5.66. The van der Waals surface area contributed by atoms with E-state index < -0.39 is 0 Å². The smallest absolute Gasteiger partial charge is 0.122 e. The van der Waals surface area contributed by atoms with Crippen LogP contribution >= 0.6 is 23.4 Å². The van der Waals surface area contributed by atoms with E-state index in [9.17, 15) is 0 Å². The minimum Gasteiger partial charge on any atom is -0.384 e. The third-order valence-electron chi connectivity index (χ3n) is 2.80. The molecule has 1 atom stereocenters. The molecule has 0 aliphatic carbocycles. The van der Waals surface area contributed by atoms with Crippen molar-refractivity contribution < 1.29 is 0 Å². The normalized spacial score (nSPS) is 12.8. The molecular weight excluding hydrogens is 252 g/mol. The average molecular weight is 271 g/mol. The molecule has 0 fully saturated rings. The van der Waals surface area contributed by atoms with Crippen molar-refractivity contribution in [1.82, 2.24) is 0 Å². The van der Waals surface area contributed by atoms with Gasteiger partial charge < -0.3 is 5.73 Å². The lowest BCUT2D eigenvalue weighted by Gasteiger charge is -2.15. The zero-order chi connectivity index (χ0) is 13.0. The van der Waals surface area contributed by atoms with Gasteiger partial charge in [-0.2, -0.15) is 11.8 Å². The Balaban J connectivity index is 2.70. The van der Waals surface area contributed by atoms with Gasteiger partial charge in [-0.1, -0.05) is 44.5 Å². The number of nitrogen functional groups attached to an aromatic ring is 1. The van der Waals surface area contributed by atoms with E-state index >= 15 is 0 Å². The molecule has 0 saturated carbocycles. The fourth-order valence-corrected chi connectivity index (χ4v) is 2.65. The third-order valence-corrected chi connectivity index (χ3v) is 4.70. The molecule has 4 heteroatoms. The number of nitrogens with one attached hydrogen (secondary N) is 1. The Labute approximate surface area is 112 Å². The minimum absolute atomic E-state index is 0.0571. The summed E-state index contributed by atoms with van der Waals surface area (Å²) in [5.41, 5.74) is 7.20. The monoisotopic (exact) mass is 270 g/mol. The van der Waals surface area contributed by atoms with Crippen LogP contribution in [0.1, 0.15) is 31.9 Å². The molecule has 1 unspecified atom stereocenters. The van der Waals surface area contributed by atoms with Gasteiger partial charge in [-0.3, -0.25) is 5.41 Å². The summed E-state index contributed by atoms with van der Waals surface area (Å²) < 4.78 is 0. The summed E-state index contributed by atoms with van der Waals surface area (Å²) in [6, 6.07) is 5.57. The lowest BCUT2D eigenvalue weighted by molar-refractivity contribution is 0.642. The molecule has 17 heavy (non-hydrogen) atoms. The lowest BCUT2D eigenvalue weighted by Crippen LogP contribution is -2.11. The summed E-state index contributed by atoms with van der Waals surface area (Å²) in [4.78, 5) is 0. The zero-order valence-electron chi connectivity index (χ0n) is 10.5. The highest BCUT2D eigenvalue weighted by molar-refractivity contribution is 7.99. The molecule has 0 aromatic heterocycles. The van der Waals surface area contributed by atoms with Gasteiger partial charge in [0.15, 0.2) is 0 Å². The van der Waals surface area contributed by atoms with Crippen LogP contribution in [0.25, 0.3) is 0 Å². The second-order valence-electron chi connectivity index (χ2n) is 4.48. The van der Waals surface area contributed by atoms with Crippen LogP contribution < -0.4 is 5.73 Å². The highest BCUT2D eigenvalue weighted by atomic mass is 35.5. The van der Waals surface area contributed by atoms with Crippen molar-refractivity contribution in [3.63, 3.8) is 0 Å². The van der Waals surface area contributed by atoms with Crippen molar-refractivity contribution in [1.29, 1.82) is 5.41 Å². The number of rotatable bonds is 5. The number of thioether (sulfide) groups is 1. The first-order valence-corrected chi connectivity index (χ1v) is 7.09. The molecule has 0 aliphatic heterocycles. The number of benzene rings is 1. The molecule has 0 radical (unpaired) electrons. The van der Waals surface area contributed by atoms with Gasteiger partial charge in [0.2, 0.25) is 0 Å². The maximum absolute atomic E-state index is 7.34. The summed E-state index contributed by atoms with van der Waals surface area (Å²) in [5.74, 6) is 1.62. The average Bonchev–Trinajstić information content (AvgIpc) is 2.26. The molecule has 2 nitrogen and oxygen atoms in total. The Morgan fingerprint density at radius 1 is 1.41 bits per heavy atom. The molecule has 0 saturated heterocycles. The number of hydrogen-bond acceptors (Lipinski definition) is 2. The van der Waals surface area contributed by atoms with Gasteiger partial charge in [0.25, 0.3) is 0 Å². The van der Waals surface area contributed by atoms with Crippen LogP contribution in [-0.2, 0) is 5.75 Å². The van der Waals surface area contributed by atoms with Crippen LogP contribution in [-0.4, -0.2) is 11.1 Å². The summed E-state index contributed by atoms with van der Waals surface area (Å²) in [7, 11) is 0. The number of nitrogens with two attached hydrogens (primary N) is 1. The van der Waals surface area contributed by atoms with Crippen LogP contribution in [0, 0.1) is 11.3 Å². The second kappa shape index (κ2) is 6.31. The van der Waals surface area contributed by atoms with E-state index in [0.29, 0.717) is 21.8 Å². The van der Waals surface area contributed by atoms with Crippen molar-refractivity contribution in [2.75, 3.05) is 0 Å². The molecule has 0 heterocycles. The quantitative estimate of drug-likeness (QED) is 0.630. The fourth-order valence-electron chi connectivity index (χ4n) is 1.25. The van der Waals surface area contributed by atoms with Gasteiger partial charge in [-0.05, 0) is 17.5 Å². The molecule has 0 aliphatic rings. The van der Waals surface area contributed by atoms with E-state index in [0.717, 1.165) is 11.3 Å². The van der Waals surface area contributed by atoms with Gasteiger partial charge in [0, 0.05) is 21.6 Å². The largest absolute Gasteiger partial charge is 0.384 e. The predicted molar refractivity (Wildman–Crippen MR) is 78.1 cm³/mol. The summed E-state index contributed by atoms with van der Waals surface area (Å²) in [6.07, 6.45) is 0. The predicted octanol–water partition coefficient (Wildman–Crippen LogP) is 3.90. The highest BCUT2D eigenvalue weighted by Crippen LogP contribution is 2.27. The molecule has 0 spiro atoms. The molecular formula is C13H19ClN2S. The Morgan fingerprint density at radius 2 is 2.06 bits per heavy atom. The van der Waals surface area contributed by atoms with Gasteiger partial charge >= 0.3 is 0 Å². The molecule has 94 valence electrons. The van der Waals surface area contributed by atoms with Crippen LogP contribution in [0.4, 0.5) is 0 Å². The molecule has 3 N–H and O–H groups in total. The first-order chi connectivity index (χ1) is 7.91. The third kappa shape index (κ3) is 4.25. The van der Waals surface area contributed by atoms with Crippen molar-refractivity contribution in [2.45, 2.75) is 31.8 Å². The maximum Gasteiger partial charge on any atom is 0.122 e. The van der Waals surface area contributed by atoms with Crippen molar-refractivity contribution >= 4 is 29.2 Å². The molecule has 0 bridgehead atoms. The summed E-state index contributed by atoms with van der Waals surface area (Å²) >= 11 is 8.07. The Kier molecular flexibility index (Phi) is 5.34. The van der Waals surface area contributed by atoms with Crippen molar-refractivity contribution in [3.8, 4) is 0 Å². The topological polar surface area (TPSA) is 49.9 Å². The molecule has 0 amide bonds. The van der Waals surface area contributed by atoms with Gasteiger partial charge in [0.05, 0.1) is 0 Å². The van der Waals surface area contributed by atoms with E-state index in [2.05, 4.69) is 20.8 Å². The van der Waals surface area contributed by atoms with Crippen molar-refractivity contribution in [3.05, 3.63) is 34.3 Å². The molecule has 1 rings (SSSR count). The Bertz CT molecular complexity index is 404. The Morgan fingerprint density at radius 3 is 2.53 bits per heavy atom. The van der Waals surface area contributed by atoms with E-state index in [1.807, 2.05) is 23.9 Å².